The minimum absolute atomic E-state index is 0.206. The number of hydrogen-bond acceptors (Lipinski definition) is 6. The van der Waals surface area contributed by atoms with Gasteiger partial charge in [0.2, 0.25) is 5.79 Å². The Hall–Kier alpha value is -0.690. The van der Waals surface area contributed by atoms with E-state index in [1.54, 1.807) is 6.92 Å². The molecule has 2 heterocycles. The van der Waals surface area contributed by atoms with E-state index >= 15 is 0 Å². The van der Waals surface area contributed by atoms with Crippen LogP contribution >= 0.6 is 0 Å². The van der Waals surface area contributed by atoms with Crippen LogP contribution in [-0.4, -0.2) is 44.2 Å². The molecule has 2 aliphatic rings. The van der Waals surface area contributed by atoms with Crippen molar-refractivity contribution in [2.75, 3.05) is 26.4 Å². The molecule has 0 aromatic rings. The highest BCUT2D eigenvalue weighted by molar-refractivity contribution is 5.69. The maximum atomic E-state index is 11.3. The first-order chi connectivity index (χ1) is 8.14. The Balaban J connectivity index is 1.96. The number of carbonyl (C=O) groups excluding carboxylic acids is 1. The number of carbonyl (C=O) groups is 1. The van der Waals surface area contributed by atoms with Gasteiger partial charge in [-0.1, -0.05) is 13.8 Å². The van der Waals surface area contributed by atoms with E-state index < -0.39 is 11.8 Å². The summed E-state index contributed by atoms with van der Waals surface area (Å²) in [7, 11) is 0. The highest BCUT2D eigenvalue weighted by Gasteiger charge is 2.49. The molecule has 0 aliphatic carbocycles. The van der Waals surface area contributed by atoms with Crippen LogP contribution in [0.3, 0.4) is 0 Å². The molecule has 0 saturated carbocycles. The molecule has 2 fully saturated rings. The van der Waals surface area contributed by atoms with Crippen LogP contribution in [0.1, 0.15) is 26.7 Å². The summed E-state index contributed by atoms with van der Waals surface area (Å²) in [6.45, 7) is 5.02. The minimum Gasteiger partial charge on any atom is -0.408 e. The number of esters is 1. The van der Waals surface area contributed by atoms with E-state index in [-0.39, 0.29) is 25.6 Å². The summed E-state index contributed by atoms with van der Waals surface area (Å²) in [4.78, 5) is 11.3. The van der Waals surface area contributed by atoms with Crippen molar-refractivity contribution in [2.24, 2.45) is 0 Å². The van der Waals surface area contributed by atoms with Crippen molar-refractivity contribution in [3.05, 3.63) is 0 Å². The Morgan fingerprint density at radius 1 is 1.12 bits per heavy atom. The van der Waals surface area contributed by atoms with E-state index in [9.17, 15) is 4.79 Å². The molecule has 2 saturated heterocycles. The second-order valence-corrected chi connectivity index (χ2v) is 4.05. The Bertz CT molecular complexity index is 274. The zero-order chi connectivity index (χ0) is 12.4. The van der Waals surface area contributed by atoms with E-state index in [1.807, 2.05) is 6.92 Å². The molecule has 1 spiro atoms. The van der Waals surface area contributed by atoms with Crippen molar-refractivity contribution in [2.45, 2.75) is 38.4 Å². The van der Waals surface area contributed by atoms with Crippen molar-refractivity contribution >= 4 is 5.97 Å². The maximum absolute atomic E-state index is 11.3. The monoisotopic (exact) mass is 246 g/mol. The van der Waals surface area contributed by atoms with Gasteiger partial charge in [-0.15, -0.1) is 0 Å². The van der Waals surface area contributed by atoms with E-state index in [2.05, 4.69) is 0 Å². The predicted octanol–water partition coefficient (Wildman–Crippen LogP) is 0.793. The summed E-state index contributed by atoms with van der Waals surface area (Å²) in [5.74, 6) is -2.46. The van der Waals surface area contributed by atoms with Gasteiger partial charge in [0.1, 0.15) is 13.2 Å². The van der Waals surface area contributed by atoms with E-state index in [4.69, 9.17) is 23.7 Å². The summed E-state index contributed by atoms with van der Waals surface area (Å²) in [5.41, 5.74) is 0. The molecule has 2 aliphatic heterocycles. The molecule has 0 unspecified atom stereocenters. The van der Waals surface area contributed by atoms with Crippen LogP contribution in [0, 0.1) is 0 Å². The van der Waals surface area contributed by atoms with Gasteiger partial charge >= 0.3 is 11.9 Å². The quantitative estimate of drug-likeness (QED) is 0.686. The Kier molecular flexibility index (Phi) is 3.67. The summed E-state index contributed by atoms with van der Waals surface area (Å²) >= 11 is 0. The molecule has 0 atom stereocenters. The standard InChI is InChI=1S/C11H18O6/c1-3-9(12)17-11(4-2)15-7-10(8-16-11)13-5-6-14-10/h3-8H2,1-2H3. The van der Waals surface area contributed by atoms with E-state index in [0.29, 0.717) is 19.6 Å². The molecule has 17 heavy (non-hydrogen) atoms. The molecule has 0 radical (unpaired) electrons. The summed E-state index contributed by atoms with van der Waals surface area (Å²) in [6, 6.07) is 0. The lowest BCUT2D eigenvalue weighted by Gasteiger charge is -2.41. The van der Waals surface area contributed by atoms with Gasteiger partial charge in [-0.25, -0.2) is 0 Å². The van der Waals surface area contributed by atoms with Crippen molar-refractivity contribution in [1.29, 1.82) is 0 Å². The smallest absolute Gasteiger partial charge is 0.329 e. The number of hydrogen-bond donors (Lipinski definition) is 0. The van der Waals surface area contributed by atoms with Crippen LogP contribution in [0.25, 0.3) is 0 Å². The van der Waals surface area contributed by atoms with Crippen LogP contribution in [0.5, 0.6) is 0 Å². The summed E-state index contributed by atoms with van der Waals surface area (Å²) in [6.07, 6.45) is 0.710. The molecule has 0 amide bonds. The largest absolute Gasteiger partial charge is 0.408 e. The molecule has 98 valence electrons. The first-order valence-electron chi connectivity index (χ1n) is 5.91. The fourth-order valence-corrected chi connectivity index (χ4v) is 1.77. The molecule has 0 bridgehead atoms. The van der Waals surface area contributed by atoms with Gasteiger partial charge in [-0.2, -0.15) is 0 Å². The van der Waals surface area contributed by atoms with Crippen LogP contribution in [-0.2, 0) is 28.5 Å². The average Bonchev–Trinajstić information content (AvgIpc) is 2.81. The Morgan fingerprint density at radius 2 is 1.71 bits per heavy atom. The third-order valence-electron chi connectivity index (χ3n) is 2.83. The fourth-order valence-electron chi connectivity index (χ4n) is 1.77. The third-order valence-corrected chi connectivity index (χ3v) is 2.83. The Morgan fingerprint density at radius 3 is 2.18 bits per heavy atom. The summed E-state index contributed by atoms with van der Waals surface area (Å²) < 4.78 is 27.1. The summed E-state index contributed by atoms with van der Waals surface area (Å²) in [5, 5.41) is 0. The molecule has 0 aromatic carbocycles. The number of rotatable bonds is 3. The first-order valence-corrected chi connectivity index (χ1v) is 5.91. The molecular formula is C11H18O6. The first kappa shape index (κ1) is 12.8. The maximum Gasteiger partial charge on any atom is 0.329 e. The topological polar surface area (TPSA) is 63.2 Å². The zero-order valence-electron chi connectivity index (χ0n) is 10.2. The zero-order valence-corrected chi connectivity index (χ0v) is 10.2. The van der Waals surface area contributed by atoms with E-state index in [0.717, 1.165) is 0 Å². The minimum atomic E-state index is -1.28. The van der Waals surface area contributed by atoms with Gasteiger partial charge < -0.3 is 23.7 Å². The second-order valence-electron chi connectivity index (χ2n) is 4.05. The van der Waals surface area contributed by atoms with Crippen LogP contribution in [0.4, 0.5) is 0 Å². The van der Waals surface area contributed by atoms with Crippen molar-refractivity contribution in [3.63, 3.8) is 0 Å². The molecular weight excluding hydrogens is 228 g/mol. The lowest BCUT2D eigenvalue weighted by molar-refractivity contribution is -0.434. The van der Waals surface area contributed by atoms with E-state index in [1.165, 1.54) is 0 Å². The van der Waals surface area contributed by atoms with Gasteiger partial charge in [-0.05, 0) is 0 Å². The van der Waals surface area contributed by atoms with Gasteiger partial charge in [0, 0.05) is 12.8 Å². The van der Waals surface area contributed by atoms with Gasteiger partial charge in [0.15, 0.2) is 0 Å². The predicted molar refractivity (Wildman–Crippen MR) is 55.9 cm³/mol. The normalized spacial score (nSPS) is 26.0. The molecule has 0 aromatic heterocycles. The van der Waals surface area contributed by atoms with Gasteiger partial charge in [-0.3, -0.25) is 4.79 Å². The molecule has 6 heteroatoms. The lowest BCUT2D eigenvalue weighted by Crippen LogP contribution is -2.55. The van der Waals surface area contributed by atoms with Crippen LogP contribution < -0.4 is 0 Å². The Labute approximate surface area is 100 Å². The lowest BCUT2D eigenvalue weighted by atomic mass is 10.2. The average molecular weight is 246 g/mol. The van der Waals surface area contributed by atoms with Crippen molar-refractivity contribution in [3.8, 4) is 0 Å². The van der Waals surface area contributed by atoms with Crippen LogP contribution in [0.15, 0.2) is 0 Å². The van der Waals surface area contributed by atoms with Gasteiger partial charge in [0.05, 0.1) is 13.2 Å². The van der Waals surface area contributed by atoms with Crippen molar-refractivity contribution in [1.82, 2.24) is 0 Å². The highest BCUT2D eigenvalue weighted by atomic mass is 16.9. The molecule has 2 rings (SSSR count). The third kappa shape index (κ3) is 2.60. The second kappa shape index (κ2) is 4.89. The van der Waals surface area contributed by atoms with Crippen LogP contribution in [0.2, 0.25) is 0 Å². The highest BCUT2D eigenvalue weighted by Crippen LogP contribution is 2.33. The number of ether oxygens (including phenoxy) is 5. The van der Waals surface area contributed by atoms with Gasteiger partial charge in [0.25, 0.3) is 0 Å². The SMILES string of the molecule is CCC(=O)OC1(CC)OCC2(CO1)OCCO2. The molecule has 6 nitrogen and oxygen atoms in total. The fraction of sp³-hybridized carbons (Fsp3) is 0.909. The molecule has 0 N–H and O–H groups in total. The van der Waals surface area contributed by atoms with Crippen molar-refractivity contribution < 1.29 is 28.5 Å².